The quantitative estimate of drug-likeness (QED) is 0.811. The van der Waals surface area contributed by atoms with Crippen molar-refractivity contribution < 1.29 is 9.84 Å². The topological polar surface area (TPSA) is 41.5 Å². The van der Waals surface area contributed by atoms with Gasteiger partial charge >= 0.3 is 0 Å². The molecule has 0 aliphatic heterocycles. The first-order valence-electron chi connectivity index (χ1n) is 5.93. The number of aliphatic hydroxyl groups excluding tert-OH is 1. The molecule has 0 aliphatic carbocycles. The molecule has 1 aromatic carbocycles. The van der Waals surface area contributed by atoms with Crippen LogP contribution >= 0.6 is 23.2 Å². The molecule has 102 valence electrons. The van der Waals surface area contributed by atoms with Crippen LogP contribution in [0.15, 0.2) is 18.2 Å². The van der Waals surface area contributed by atoms with E-state index in [0.29, 0.717) is 28.8 Å². The number of aliphatic hydroxyl groups is 1. The lowest BCUT2D eigenvalue weighted by Crippen LogP contribution is -2.35. The van der Waals surface area contributed by atoms with Gasteiger partial charge in [-0.05, 0) is 18.6 Å². The van der Waals surface area contributed by atoms with Crippen LogP contribution in [0, 0.1) is 0 Å². The van der Waals surface area contributed by atoms with Gasteiger partial charge < -0.3 is 15.2 Å². The Balaban J connectivity index is 2.56. The molecule has 1 aromatic rings. The lowest BCUT2D eigenvalue weighted by atomic mass is 10.1. The van der Waals surface area contributed by atoms with E-state index in [1.54, 1.807) is 25.3 Å². The van der Waals surface area contributed by atoms with Gasteiger partial charge in [0.1, 0.15) is 0 Å². The van der Waals surface area contributed by atoms with Crippen molar-refractivity contribution in [2.75, 3.05) is 20.3 Å². The van der Waals surface area contributed by atoms with E-state index in [-0.39, 0.29) is 6.04 Å². The molecule has 0 amide bonds. The third-order valence-corrected chi connectivity index (χ3v) is 3.34. The number of nitrogens with one attached hydrogen (secondary N) is 1. The molecule has 18 heavy (non-hydrogen) atoms. The third kappa shape index (κ3) is 4.75. The van der Waals surface area contributed by atoms with E-state index in [0.717, 1.165) is 6.42 Å². The fourth-order valence-electron chi connectivity index (χ4n) is 1.68. The van der Waals surface area contributed by atoms with Crippen LogP contribution in [0.1, 0.15) is 25.0 Å². The first-order chi connectivity index (χ1) is 8.58. The van der Waals surface area contributed by atoms with Gasteiger partial charge in [-0.15, -0.1) is 0 Å². The second kappa shape index (κ2) is 7.97. The summed E-state index contributed by atoms with van der Waals surface area (Å²) in [4.78, 5) is 0. The average molecular weight is 292 g/mol. The van der Waals surface area contributed by atoms with Crippen LogP contribution in [-0.4, -0.2) is 31.4 Å². The van der Waals surface area contributed by atoms with Crippen LogP contribution in [0.2, 0.25) is 10.0 Å². The van der Waals surface area contributed by atoms with Crippen molar-refractivity contribution in [3.8, 4) is 0 Å². The predicted octanol–water partition coefficient (Wildman–Crippen LogP) is 3.04. The summed E-state index contributed by atoms with van der Waals surface area (Å²) in [5.41, 5.74) is 0.681. The number of benzene rings is 1. The average Bonchev–Trinajstić information content (AvgIpc) is 2.34. The predicted molar refractivity (Wildman–Crippen MR) is 75.4 cm³/mol. The Morgan fingerprint density at radius 1 is 1.39 bits per heavy atom. The molecule has 0 fully saturated rings. The number of hydrogen-bond donors (Lipinski definition) is 2. The van der Waals surface area contributed by atoms with E-state index in [2.05, 4.69) is 12.2 Å². The fourth-order valence-corrected chi connectivity index (χ4v) is 2.22. The maximum absolute atomic E-state index is 10.1. The molecule has 0 aliphatic rings. The molecule has 2 unspecified atom stereocenters. The summed E-state index contributed by atoms with van der Waals surface area (Å²) >= 11 is 11.9. The van der Waals surface area contributed by atoms with E-state index in [1.165, 1.54) is 0 Å². The highest BCUT2D eigenvalue weighted by Gasteiger charge is 2.14. The standard InChI is InChI=1S/C13H19Cl2NO2/c1-3-10(8-18-2)16-7-13(17)11-5-4-9(14)6-12(11)15/h4-6,10,13,16-17H,3,7-8H2,1-2H3. The van der Waals surface area contributed by atoms with Crippen LogP contribution in [0.4, 0.5) is 0 Å². The van der Waals surface area contributed by atoms with Crippen LogP contribution in [0.25, 0.3) is 0 Å². The second-order valence-corrected chi connectivity index (χ2v) is 4.99. The summed E-state index contributed by atoms with van der Waals surface area (Å²) in [7, 11) is 1.66. The van der Waals surface area contributed by atoms with Crippen molar-refractivity contribution in [2.24, 2.45) is 0 Å². The molecule has 1 rings (SSSR count). The first kappa shape index (κ1) is 15.7. The highest BCUT2D eigenvalue weighted by Crippen LogP contribution is 2.25. The maximum atomic E-state index is 10.1. The summed E-state index contributed by atoms with van der Waals surface area (Å²) in [6, 6.07) is 5.33. The van der Waals surface area contributed by atoms with Gasteiger partial charge in [0, 0.05) is 35.3 Å². The van der Waals surface area contributed by atoms with Gasteiger partial charge in [-0.1, -0.05) is 36.2 Å². The van der Waals surface area contributed by atoms with E-state index in [1.807, 2.05) is 0 Å². The van der Waals surface area contributed by atoms with Gasteiger partial charge in [0.2, 0.25) is 0 Å². The molecule has 3 nitrogen and oxygen atoms in total. The summed E-state index contributed by atoms with van der Waals surface area (Å²) in [6.45, 7) is 3.12. The third-order valence-electron chi connectivity index (χ3n) is 2.78. The van der Waals surface area contributed by atoms with Crippen LogP contribution in [0.5, 0.6) is 0 Å². The molecule has 0 heterocycles. The van der Waals surface area contributed by atoms with Crippen LogP contribution < -0.4 is 5.32 Å². The fraction of sp³-hybridized carbons (Fsp3) is 0.538. The van der Waals surface area contributed by atoms with Crippen molar-refractivity contribution in [3.63, 3.8) is 0 Å². The Kier molecular flexibility index (Phi) is 6.97. The molecular formula is C13H19Cl2NO2. The van der Waals surface area contributed by atoms with Crippen molar-refractivity contribution >= 4 is 23.2 Å². The lowest BCUT2D eigenvalue weighted by molar-refractivity contribution is 0.137. The summed E-state index contributed by atoms with van der Waals surface area (Å²) in [6.07, 6.45) is 0.287. The highest BCUT2D eigenvalue weighted by atomic mass is 35.5. The zero-order valence-electron chi connectivity index (χ0n) is 10.6. The largest absolute Gasteiger partial charge is 0.387 e. The Morgan fingerprint density at radius 2 is 2.11 bits per heavy atom. The number of rotatable bonds is 7. The molecule has 5 heteroatoms. The second-order valence-electron chi connectivity index (χ2n) is 4.15. The van der Waals surface area contributed by atoms with Crippen LogP contribution in [0.3, 0.4) is 0 Å². The molecular weight excluding hydrogens is 273 g/mol. The monoisotopic (exact) mass is 291 g/mol. The zero-order valence-corrected chi connectivity index (χ0v) is 12.1. The Bertz CT molecular complexity index is 374. The SMILES string of the molecule is CCC(COC)NCC(O)c1ccc(Cl)cc1Cl. The summed E-state index contributed by atoms with van der Waals surface area (Å²) in [5.74, 6) is 0. The van der Waals surface area contributed by atoms with E-state index >= 15 is 0 Å². The number of ether oxygens (including phenoxy) is 1. The van der Waals surface area contributed by atoms with Gasteiger partial charge in [0.05, 0.1) is 12.7 Å². The van der Waals surface area contributed by atoms with Gasteiger partial charge in [0.15, 0.2) is 0 Å². The molecule has 2 N–H and O–H groups in total. The number of halogens is 2. The summed E-state index contributed by atoms with van der Waals surface area (Å²) in [5, 5.41) is 14.4. The summed E-state index contributed by atoms with van der Waals surface area (Å²) < 4.78 is 5.08. The van der Waals surface area contributed by atoms with Crippen molar-refractivity contribution in [1.82, 2.24) is 5.32 Å². The molecule has 0 spiro atoms. The van der Waals surface area contributed by atoms with Gasteiger partial charge in [0.25, 0.3) is 0 Å². The first-order valence-corrected chi connectivity index (χ1v) is 6.69. The van der Waals surface area contributed by atoms with E-state index < -0.39 is 6.10 Å². The Morgan fingerprint density at radius 3 is 2.67 bits per heavy atom. The molecule has 0 radical (unpaired) electrons. The van der Waals surface area contributed by atoms with Gasteiger partial charge in [-0.3, -0.25) is 0 Å². The van der Waals surface area contributed by atoms with Crippen molar-refractivity contribution in [3.05, 3.63) is 33.8 Å². The van der Waals surface area contributed by atoms with Crippen molar-refractivity contribution in [1.29, 1.82) is 0 Å². The zero-order chi connectivity index (χ0) is 13.5. The molecule has 0 saturated carbocycles. The normalized spacial score (nSPS) is 14.5. The van der Waals surface area contributed by atoms with Crippen LogP contribution in [-0.2, 0) is 4.74 Å². The lowest BCUT2D eigenvalue weighted by Gasteiger charge is -2.19. The molecule has 0 saturated heterocycles. The maximum Gasteiger partial charge on any atom is 0.0928 e. The van der Waals surface area contributed by atoms with Gasteiger partial charge in [-0.2, -0.15) is 0 Å². The van der Waals surface area contributed by atoms with E-state index in [4.69, 9.17) is 27.9 Å². The number of hydrogen-bond acceptors (Lipinski definition) is 3. The molecule has 0 aromatic heterocycles. The highest BCUT2D eigenvalue weighted by molar-refractivity contribution is 6.35. The smallest absolute Gasteiger partial charge is 0.0928 e. The minimum Gasteiger partial charge on any atom is -0.387 e. The van der Waals surface area contributed by atoms with Gasteiger partial charge in [-0.25, -0.2) is 0 Å². The molecule has 0 bridgehead atoms. The minimum atomic E-state index is -0.652. The number of methoxy groups -OCH3 is 1. The minimum absolute atomic E-state index is 0.232. The molecule has 2 atom stereocenters. The van der Waals surface area contributed by atoms with Crippen molar-refractivity contribution in [2.45, 2.75) is 25.5 Å². The Hall–Kier alpha value is -0.320. The van der Waals surface area contributed by atoms with E-state index in [9.17, 15) is 5.11 Å². The Labute approximate surface area is 118 Å².